The van der Waals surface area contributed by atoms with Crippen LogP contribution in [0.25, 0.3) is 0 Å². The number of fused-ring (bicyclic) bond motifs is 1. The molecule has 0 saturated heterocycles. The summed E-state index contributed by atoms with van der Waals surface area (Å²) in [5.41, 5.74) is 2.51. The average Bonchev–Trinajstić information content (AvgIpc) is 2.56. The highest BCUT2D eigenvalue weighted by Crippen LogP contribution is 2.30. The minimum absolute atomic E-state index is 0.0471. The highest BCUT2D eigenvalue weighted by Gasteiger charge is 2.21. The van der Waals surface area contributed by atoms with E-state index in [1.165, 1.54) is 11.1 Å². The number of halogens is 2. The molecule has 1 amide bonds. The predicted octanol–water partition coefficient (Wildman–Crippen LogP) is 4.57. The molecule has 0 bridgehead atoms. The standard InChI is InChI=1S/C18H17Cl2NO2/c19-13-8-9-15(20)17(10-13)23-11-18(22)21-16-7-3-5-12-4-1-2-6-14(12)16/h1-2,4,6,8-10,16H,3,5,7,11H2,(H,21,22). The van der Waals surface area contributed by atoms with Gasteiger partial charge in [-0.05, 0) is 42.5 Å². The summed E-state index contributed by atoms with van der Waals surface area (Å²) >= 11 is 11.9. The van der Waals surface area contributed by atoms with Crippen LogP contribution in [-0.4, -0.2) is 12.5 Å². The molecule has 0 heterocycles. The lowest BCUT2D eigenvalue weighted by Gasteiger charge is -2.26. The van der Waals surface area contributed by atoms with Gasteiger partial charge in [0.25, 0.3) is 5.91 Å². The van der Waals surface area contributed by atoms with Gasteiger partial charge in [0.1, 0.15) is 5.75 Å². The number of carbonyl (C=O) groups excluding carboxylic acids is 1. The number of hydrogen-bond acceptors (Lipinski definition) is 2. The molecule has 1 unspecified atom stereocenters. The number of amides is 1. The minimum atomic E-state index is -0.164. The Morgan fingerprint density at radius 3 is 2.91 bits per heavy atom. The summed E-state index contributed by atoms with van der Waals surface area (Å²) in [6.45, 7) is -0.0846. The summed E-state index contributed by atoms with van der Waals surface area (Å²) in [4.78, 5) is 12.2. The van der Waals surface area contributed by atoms with Gasteiger partial charge >= 0.3 is 0 Å². The molecule has 1 atom stereocenters. The number of rotatable bonds is 4. The Hall–Kier alpha value is -1.71. The Morgan fingerprint density at radius 2 is 2.04 bits per heavy atom. The second kappa shape index (κ2) is 7.24. The molecule has 2 aromatic rings. The molecule has 1 N–H and O–H groups in total. The Kier molecular flexibility index (Phi) is 5.09. The number of benzene rings is 2. The molecule has 23 heavy (non-hydrogen) atoms. The quantitative estimate of drug-likeness (QED) is 0.878. The summed E-state index contributed by atoms with van der Waals surface area (Å²) in [6.07, 6.45) is 3.08. The van der Waals surface area contributed by atoms with Crippen LogP contribution in [0.2, 0.25) is 10.0 Å². The summed E-state index contributed by atoms with van der Waals surface area (Å²) in [7, 11) is 0. The van der Waals surface area contributed by atoms with E-state index in [4.69, 9.17) is 27.9 Å². The summed E-state index contributed by atoms with van der Waals surface area (Å²) in [6, 6.07) is 13.2. The Labute approximate surface area is 145 Å². The van der Waals surface area contributed by atoms with E-state index in [0.717, 1.165) is 19.3 Å². The first kappa shape index (κ1) is 16.2. The lowest BCUT2D eigenvalue weighted by atomic mass is 9.88. The van der Waals surface area contributed by atoms with Gasteiger partial charge in [0.2, 0.25) is 0 Å². The van der Waals surface area contributed by atoms with Crippen molar-refractivity contribution >= 4 is 29.1 Å². The maximum absolute atomic E-state index is 12.2. The first-order chi connectivity index (χ1) is 11.1. The fourth-order valence-corrected chi connectivity index (χ4v) is 3.21. The molecule has 2 aromatic carbocycles. The van der Waals surface area contributed by atoms with Crippen LogP contribution >= 0.6 is 23.2 Å². The fourth-order valence-electron chi connectivity index (χ4n) is 2.87. The van der Waals surface area contributed by atoms with Crippen LogP contribution in [0.1, 0.15) is 30.0 Å². The van der Waals surface area contributed by atoms with Crippen LogP contribution in [0.3, 0.4) is 0 Å². The highest BCUT2D eigenvalue weighted by atomic mass is 35.5. The molecule has 1 aliphatic carbocycles. The molecular formula is C18H17Cl2NO2. The molecule has 0 aliphatic heterocycles. The normalized spacial score (nSPS) is 16.5. The van der Waals surface area contributed by atoms with Crippen molar-refractivity contribution < 1.29 is 9.53 Å². The van der Waals surface area contributed by atoms with Crippen LogP contribution in [0.15, 0.2) is 42.5 Å². The third-order valence-corrected chi connectivity index (χ3v) is 4.50. The zero-order valence-corrected chi connectivity index (χ0v) is 14.0. The van der Waals surface area contributed by atoms with E-state index >= 15 is 0 Å². The van der Waals surface area contributed by atoms with Gasteiger partial charge in [-0.3, -0.25) is 4.79 Å². The van der Waals surface area contributed by atoms with E-state index in [2.05, 4.69) is 17.4 Å². The van der Waals surface area contributed by atoms with Crippen LogP contribution in [0.4, 0.5) is 0 Å². The summed E-state index contributed by atoms with van der Waals surface area (Å²) < 4.78 is 5.48. The largest absolute Gasteiger partial charge is 0.482 e. The Bertz CT molecular complexity index is 718. The van der Waals surface area contributed by atoms with Crippen molar-refractivity contribution in [3.8, 4) is 5.75 Å². The van der Waals surface area contributed by atoms with Crippen molar-refractivity contribution in [1.29, 1.82) is 0 Å². The average molecular weight is 350 g/mol. The maximum atomic E-state index is 12.2. The maximum Gasteiger partial charge on any atom is 0.258 e. The fraction of sp³-hybridized carbons (Fsp3) is 0.278. The molecule has 3 nitrogen and oxygen atoms in total. The molecule has 3 rings (SSSR count). The van der Waals surface area contributed by atoms with Crippen LogP contribution in [0, 0.1) is 0 Å². The Morgan fingerprint density at radius 1 is 1.22 bits per heavy atom. The topological polar surface area (TPSA) is 38.3 Å². The van der Waals surface area contributed by atoms with E-state index < -0.39 is 0 Å². The zero-order valence-electron chi connectivity index (χ0n) is 12.5. The van der Waals surface area contributed by atoms with Crippen molar-refractivity contribution in [2.45, 2.75) is 25.3 Å². The van der Waals surface area contributed by atoms with Crippen LogP contribution in [0.5, 0.6) is 5.75 Å². The van der Waals surface area contributed by atoms with Crippen molar-refractivity contribution in [2.75, 3.05) is 6.61 Å². The van der Waals surface area contributed by atoms with Crippen LogP contribution in [-0.2, 0) is 11.2 Å². The Balaban J connectivity index is 1.61. The molecule has 120 valence electrons. The number of nitrogens with one attached hydrogen (secondary N) is 1. The summed E-state index contributed by atoms with van der Waals surface area (Å²) in [5.74, 6) is 0.251. The van der Waals surface area contributed by atoms with Gasteiger partial charge in [0.15, 0.2) is 6.61 Å². The number of ether oxygens (including phenoxy) is 1. The van der Waals surface area contributed by atoms with Crippen LogP contribution < -0.4 is 10.1 Å². The molecule has 0 radical (unpaired) electrons. The first-order valence-electron chi connectivity index (χ1n) is 7.58. The third-order valence-electron chi connectivity index (χ3n) is 3.96. The van der Waals surface area contributed by atoms with Gasteiger partial charge in [-0.15, -0.1) is 0 Å². The number of aryl methyl sites for hydroxylation is 1. The number of hydrogen-bond donors (Lipinski definition) is 1. The zero-order chi connectivity index (χ0) is 16.2. The van der Waals surface area contributed by atoms with E-state index in [0.29, 0.717) is 15.8 Å². The van der Waals surface area contributed by atoms with Gasteiger partial charge in [-0.25, -0.2) is 0 Å². The van der Waals surface area contributed by atoms with E-state index in [1.807, 2.05) is 12.1 Å². The summed E-state index contributed by atoms with van der Waals surface area (Å²) in [5, 5.41) is 3.99. The second-order valence-electron chi connectivity index (χ2n) is 5.57. The smallest absolute Gasteiger partial charge is 0.258 e. The van der Waals surface area contributed by atoms with Gasteiger partial charge in [-0.1, -0.05) is 47.5 Å². The minimum Gasteiger partial charge on any atom is -0.482 e. The molecule has 5 heteroatoms. The van der Waals surface area contributed by atoms with Crippen molar-refractivity contribution in [1.82, 2.24) is 5.32 Å². The molecular weight excluding hydrogens is 333 g/mol. The van der Waals surface area contributed by atoms with E-state index in [9.17, 15) is 4.79 Å². The second-order valence-corrected chi connectivity index (χ2v) is 6.42. The third kappa shape index (κ3) is 3.98. The van der Waals surface area contributed by atoms with E-state index in [1.54, 1.807) is 18.2 Å². The van der Waals surface area contributed by atoms with Gasteiger partial charge in [-0.2, -0.15) is 0 Å². The van der Waals surface area contributed by atoms with E-state index in [-0.39, 0.29) is 18.6 Å². The molecule has 0 saturated carbocycles. The monoisotopic (exact) mass is 349 g/mol. The lowest BCUT2D eigenvalue weighted by Crippen LogP contribution is -2.34. The molecule has 1 aliphatic rings. The lowest BCUT2D eigenvalue weighted by molar-refractivity contribution is -0.123. The predicted molar refractivity (Wildman–Crippen MR) is 92.2 cm³/mol. The SMILES string of the molecule is O=C(COc1cc(Cl)ccc1Cl)NC1CCCc2ccccc21. The van der Waals surface area contributed by atoms with Crippen molar-refractivity contribution in [3.05, 3.63) is 63.6 Å². The first-order valence-corrected chi connectivity index (χ1v) is 8.34. The van der Waals surface area contributed by atoms with Gasteiger partial charge in [0, 0.05) is 11.1 Å². The van der Waals surface area contributed by atoms with Gasteiger partial charge < -0.3 is 10.1 Å². The van der Waals surface area contributed by atoms with Gasteiger partial charge in [0.05, 0.1) is 11.1 Å². The highest BCUT2D eigenvalue weighted by molar-refractivity contribution is 6.34. The van der Waals surface area contributed by atoms with Crippen molar-refractivity contribution in [2.24, 2.45) is 0 Å². The van der Waals surface area contributed by atoms with Crippen molar-refractivity contribution in [3.63, 3.8) is 0 Å². The number of carbonyl (C=O) groups is 1. The molecule has 0 fully saturated rings. The molecule has 0 aromatic heterocycles. The molecule has 0 spiro atoms.